The third kappa shape index (κ3) is 1.34. The summed E-state index contributed by atoms with van der Waals surface area (Å²) in [7, 11) is 0. The second-order valence-electron chi connectivity index (χ2n) is 4.59. The first-order chi connectivity index (χ1) is 7.79. The second-order valence-corrected chi connectivity index (χ2v) is 4.59. The summed E-state index contributed by atoms with van der Waals surface area (Å²) < 4.78 is 0. The van der Waals surface area contributed by atoms with Gasteiger partial charge in [-0.15, -0.1) is 0 Å². The highest BCUT2D eigenvalue weighted by Crippen LogP contribution is 2.29. The zero-order valence-corrected chi connectivity index (χ0v) is 9.59. The van der Waals surface area contributed by atoms with Gasteiger partial charge in [-0.1, -0.05) is 11.6 Å². The molecule has 0 radical (unpaired) electrons. The van der Waals surface area contributed by atoms with Crippen LogP contribution in [-0.2, 0) is 19.4 Å². The van der Waals surface area contributed by atoms with Gasteiger partial charge < -0.3 is 5.73 Å². The third-order valence-corrected chi connectivity index (χ3v) is 3.49. The molecule has 82 valence electrons. The Labute approximate surface area is 95.5 Å². The molecule has 0 unspecified atom stereocenters. The number of rotatable bonds is 1. The Hall–Kier alpha value is -1.41. The first kappa shape index (κ1) is 9.79. The fraction of sp³-hybridized carbons (Fsp3) is 0.357. The maximum atomic E-state index is 5.91. The molecule has 2 aromatic rings. The van der Waals surface area contributed by atoms with Crippen LogP contribution in [0.5, 0.6) is 0 Å². The number of pyridine rings is 1. The fourth-order valence-electron chi connectivity index (χ4n) is 2.71. The van der Waals surface area contributed by atoms with Gasteiger partial charge in [0.25, 0.3) is 0 Å². The Morgan fingerprint density at radius 2 is 2.19 bits per heavy atom. The first-order valence-electron chi connectivity index (χ1n) is 5.90. The van der Waals surface area contributed by atoms with Crippen LogP contribution in [-0.4, -0.2) is 4.98 Å². The van der Waals surface area contributed by atoms with Gasteiger partial charge in [0.1, 0.15) is 0 Å². The molecule has 1 aliphatic rings. The van der Waals surface area contributed by atoms with E-state index in [-0.39, 0.29) is 0 Å². The van der Waals surface area contributed by atoms with Gasteiger partial charge in [-0.2, -0.15) is 0 Å². The molecule has 1 heterocycles. The van der Waals surface area contributed by atoms with Crippen LogP contribution in [0.15, 0.2) is 18.2 Å². The topological polar surface area (TPSA) is 38.9 Å². The molecule has 1 aliphatic carbocycles. The Kier molecular flexibility index (Phi) is 2.18. The van der Waals surface area contributed by atoms with Gasteiger partial charge >= 0.3 is 0 Å². The van der Waals surface area contributed by atoms with Crippen LogP contribution in [0.2, 0.25) is 0 Å². The largest absolute Gasteiger partial charge is 0.326 e. The van der Waals surface area contributed by atoms with Crippen molar-refractivity contribution in [3.8, 4) is 0 Å². The minimum Gasteiger partial charge on any atom is -0.326 e. The predicted octanol–water partition coefficient (Wildman–Crippen LogP) is 2.49. The average molecular weight is 212 g/mol. The highest BCUT2D eigenvalue weighted by atomic mass is 14.7. The standard InChI is InChI=1S/C14H16N2/c1-9-5-6-14-11(7-9)12(8-15)10-3-2-4-13(10)16-14/h5-7H,2-4,8,15H2,1H3. The summed E-state index contributed by atoms with van der Waals surface area (Å²) in [5, 5.41) is 1.25. The number of hydrogen-bond acceptors (Lipinski definition) is 2. The molecule has 0 fully saturated rings. The van der Waals surface area contributed by atoms with Crippen molar-refractivity contribution in [3.05, 3.63) is 40.6 Å². The van der Waals surface area contributed by atoms with E-state index in [9.17, 15) is 0 Å². The lowest BCUT2D eigenvalue weighted by Crippen LogP contribution is -2.04. The lowest BCUT2D eigenvalue weighted by atomic mass is 10.00. The second kappa shape index (κ2) is 3.56. The van der Waals surface area contributed by atoms with E-state index >= 15 is 0 Å². The summed E-state index contributed by atoms with van der Waals surface area (Å²) >= 11 is 0. The van der Waals surface area contributed by atoms with E-state index in [1.54, 1.807) is 0 Å². The number of aryl methyl sites for hydroxylation is 2. The molecule has 2 nitrogen and oxygen atoms in total. The summed E-state index contributed by atoms with van der Waals surface area (Å²) in [4.78, 5) is 4.75. The Morgan fingerprint density at radius 1 is 1.31 bits per heavy atom. The molecule has 0 atom stereocenters. The molecule has 16 heavy (non-hydrogen) atoms. The van der Waals surface area contributed by atoms with E-state index < -0.39 is 0 Å². The van der Waals surface area contributed by atoms with E-state index in [0.717, 1.165) is 18.4 Å². The predicted molar refractivity (Wildman–Crippen MR) is 66.4 cm³/mol. The van der Waals surface area contributed by atoms with Crippen LogP contribution in [0.3, 0.4) is 0 Å². The molecule has 0 spiro atoms. The summed E-state index contributed by atoms with van der Waals surface area (Å²) in [5.41, 5.74) is 12.3. The van der Waals surface area contributed by atoms with Crippen LogP contribution < -0.4 is 5.73 Å². The van der Waals surface area contributed by atoms with Crippen molar-refractivity contribution in [2.24, 2.45) is 5.73 Å². The minimum atomic E-state index is 0.630. The summed E-state index contributed by atoms with van der Waals surface area (Å²) in [6.45, 7) is 2.75. The number of nitrogens with two attached hydrogens (primary N) is 1. The molecule has 2 heteroatoms. The van der Waals surface area contributed by atoms with Crippen LogP contribution in [0.4, 0.5) is 0 Å². The van der Waals surface area contributed by atoms with Crippen LogP contribution in [0, 0.1) is 6.92 Å². The number of fused-ring (bicyclic) bond motifs is 2. The Morgan fingerprint density at radius 3 is 3.00 bits per heavy atom. The number of hydrogen-bond donors (Lipinski definition) is 1. The lowest BCUT2D eigenvalue weighted by molar-refractivity contribution is 0.896. The third-order valence-electron chi connectivity index (χ3n) is 3.49. The molecule has 0 aliphatic heterocycles. The number of aromatic nitrogens is 1. The van der Waals surface area contributed by atoms with E-state index in [2.05, 4.69) is 25.1 Å². The van der Waals surface area contributed by atoms with Crippen molar-refractivity contribution in [2.75, 3.05) is 0 Å². The molecule has 2 N–H and O–H groups in total. The SMILES string of the molecule is Cc1ccc2nc3c(c(CN)c2c1)CCC3. The molecule has 0 amide bonds. The van der Waals surface area contributed by atoms with Crippen molar-refractivity contribution >= 4 is 10.9 Å². The monoisotopic (exact) mass is 212 g/mol. The molecular formula is C14H16N2. The van der Waals surface area contributed by atoms with Crippen LogP contribution in [0.1, 0.15) is 28.8 Å². The quantitative estimate of drug-likeness (QED) is 0.788. The average Bonchev–Trinajstić information content (AvgIpc) is 2.73. The minimum absolute atomic E-state index is 0.630. The first-order valence-corrected chi connectivity index (χ1v) is 5.90. The number of nitrogens with zero attached hydrogens (tertiary/aromatic N) is 1. The van der Waals surface area contributed by atoms with Crippen molar-refractivity contribution in [3.63, 3.8) is 0 Å². The summed E-state index contributed by atoms with van der Waals surface area (Å²) in [5.74, 6) is 0. The van der Waals surface area contributed by atoms with Gasteiger partial charge in [0, 0.05) is 17.6 Å². The van der Waals surface area contributed by atoms with E-state index in [0.29, 0.717) is 6.54 Å². The maximum Gasteiger partial charge on any atom is 0.0708 e. The molecule has 0 bridgehead atoms. The van der Waals surface area contributed by atoms with Gasteiger partial charge in [0.15, 0.2) is 0 Å². The zero-order valence-electron chi connectivity index (χ0n) is 9.59. The normalized spacial score (nSPS) is 14.4. The number of benzene rings is 1. The van der Waals surface area contributed by atoms with Crippen LogP contribution in [0.25, 0.3) is 10.9 Å². The van der Waals surface area contributed by atoms with E-state index in [1.807, 2.05) is 0 Å². The van der Waals surface area contributed by atoms with Gasteiger partial charge in [0.2, 0.25) is 0 Å². The Bertz CT molecular complexity index is 558. The van der Waals surface area contributed by atoms with E-state index in [1.165, 1.54) is 34.2 Å². The van der Waals surface area contributed by atoms with Gasteiger partial charge in [-0.05, 0) is 49.4 Å². The highest BCUT2D eigenvalue weighted by molar-refractivity contribution is 5.84. The summed E-state index contributed by atoms with van der Waals surface area (Å²) in [6.07, 6.45) is 3.50. The Balaban J connectivity index is 2.40. The molecule has 0 saturated carbocycles. The fourth-order valence-corrected chi connectivity index (χ4v) is 2.71. The van der Waals surface area contributed by atoms with Gasteiger partial charge in [-0.3, -0.25) is 4.98 Å². The zero-order chi connectivity index (χ0) is 11.1. The maximum absolute atomic E-state index is 5.91. The molecule has 1 aromatic carbocycles. The molecule has 0 saturated heterocycles. The van der Waals surface area contributed by atoms with Crippen molar-refractivity contribution in [1.82, 2.24) is 4.98 Å². The van der Waals surface area contributed by atoms with Crippen molar-refractivity contribution < 1.29 is 0 Å². The van der Waals surface area contributed by atoms with Crippen molar-refractivity contribution in [1.29, 1.82) is 0 Å². The van der Waals surface area contributed by atoms with Gasteiger partial charge in [0.05, 0.1) is 5.52 Å². The molecular weight excluding hydrogens is 196 g/mol. The highest BCUT2D eigenvalue weighted by Gasteiger charge is 2.18. The van der Waals surface area contributed by atoms with Crippen LogP contribution >= 0.6 is 0 Å². The molecule has 3 rings (SSSR count). The lowest BCUT2D eigenvalue weighted by Gasteiger charge is -2.11. The smallest absolute Gasteiger partial charge is 0.0708 e. The van der Waals surface area contributed by atoms with Gasteiger partial charge in [-0.25, -0.2) is 0 Å². The molecule has 1 aromatic heterocycles. The summed E-state index contributed by atoms with van der Waals surface area (Å²) in [6, 6.07) is 6.45. The van der Waals surface area contributed by atoms with Crippen molar-refractivity contribution in [2.45, 2.75) is 32.7 Å². The van der Waals surface area contributed by atoms with E-state index in [4.69, 9.17) is 10.7 Å².